The lowest BCUT2D eigenvalue weighted by Crippen LogP contribution is -2.42. The van der Waals surface area contributed by atoms with Crippen LogP contribution in [0.5, 0.6) is 0 Å². The van der Waals surface area contributed by atoms with Gasteiger partial charge in [-0.1, -0.05) is 6.92 Å². The summed E-state index contributed by atoms with van der Waals surface area (Å²) in [6, 6.07) is 6.32. The number of aliphatic hydroxyl groups excluding tert-OH is 1. The van der Waals surface area contributed by atoms with Gasteiger partial charge >= 0.3 is 0 Å². The molecule has 0 spiro atoms. The van der Waals surface area contributed by atoms with E-state index in [1.54, 1.807) is 6.07 Å². The molecule has 0 aliphatic heterocycles. The second-order valence-electron chi connectivity index (χ2n) is 4.66. The van der Waals surface area contributed by atoms with Gasteiger partial charge in [-0.25, -0.2) is 4.39 Å². The molecule has 1 atom stereocenters. The molecule has 0 amide bonds. The quantitative estimate of drug-likeness (QED) is 0.814. The number of benzene rings is 1. The third-order valence-electron chi connectivity index (χ3n) is 3.32. The molecule has 0 radical (unpaired) electrons. The molecule has 0 bridgehead atoms. The highest BCUT2D eigenvalue weighted by Gasteiger charge is 2.20. The fraction of sp³-hybridized carbons (Fsp3) is 0.500. The fourth-order valence-electron chi connectivity index (χ4n) is 1.73. The van der Waals surface area contributed by atoms with Crippen LogP contribution in [0.3, 0.4) is 0 Å². The number of hydrogen-bond acceptors (Lipinski definition) is 3. The Labute approximate surface area is 107 Å². The van der Waals surface area contributed by atoms with Crippen molar-refractivity contribution in [2.75, 3.05) is 6.61 Å². The van der Waals surface area contributed by atoms with E-state index in [1.807, 2.05) is 19.9 Å². The van der Waals surface area contributed by atoms with Crippen LogP contribution in [-0.2, 0) is 6.54 Å². The third kappa shape index (κ3) is 3.80. The molecule has 3 nitrogen and oxygen atoms in total. The van der Waals surface area contributed by atoms with E-state index in [0.717, 1.165) is 6.42 Å². The van der Waals surface area contributed by atoms with Gasteiger partial charge in [0.1, 0.15) is 5.82 Å². The highest BCUT2D eigenvalue weighted by atomic mass is 19.1. The molecule has 98 valence electrons. The molecule has 0 aromatic heterocycles. The van der Waals surface area contributed by atoms with Crippen molar-refractivity contribution in [1.29, 1.82) is 5.26 Å². The number of nitrogens with zero attached hydrogens (tertiary/aromatic N) is 1. The van der Waals surface area contributed by atoms with E-state index in [2.05, 4.69) is 5.32 Å². The Morgan fingerprint density at radius 3 is 2.78 bits per heavy atom. The average Bonchev–Trinajstić information content (AvgIpc) is 2.38. The molecule has 1 unspecified atom stereocenters. The summed E-state index contributed by atoms with van der Waals surface area (Å²) in [4.78, 5) is 0. The van der Waals surface area contributed by atoms with Crippen LogP contribution in [0.2, 0.25) is 0 Å². The van der Waals surface area contributed by atoms with Gasteiger partial charge in [-0.15, -0.1) is 0 Å². The van der Waals surface area contributed by atoms with Gasteiger partial charge in [0.15, 0.2) is 0 Å². The summed E-state index contributed by atoms with van der Waals surface area (Å²) in [6.07, 6.45) is 1.45. The zero-order valence-corrected chi connectivity index (χ0v) is 10.8. The summed E-state index contributed by atoms with van der Waals surface area (Å²) in [7, 11) is 0. The first-order valence-electron chi connectivity index (χ1n) is 6.09. The van der Waals surface area contributed by atoms with Crippen LogP contribution in [0.4, 0.5) is 4.39 Å². The Kier molecular flexibility index (Phi) is 5.26. The largest absolute Gasteiger partial charge is 0.396 e. The molecule has 1 aromatic carbocycles. The monoisotopic (exact) mass is 250 g/mol. The van der Waals surface area contributed by atoms with Crippen LogP contribution in [0.1, 0.15) is 37.8 Å². The molecular formula is C14H19FN2O. The van der Waals surface area contributed by atoms with Crippen LogP contribution >= 0.6 is 0 Å². The minimum atomic E-state index is -0.316. The van der Waals surface area contributed by atoms with Crippen molar-refractivity contribution in [2.24, 2.45) is 0 Å². The lowest BCUT2D eigenvalue weighted by atomic mass is 9.94. The number of nitrogens with one attached hydrogen (secondary N) is 1. The maximum atomic E-state index is 13.6. The lowest BCUT2D eigenvalue weighted by molar-refractivity contribution is 0.214. The molecule has 0 heterocycles. The van der Waals surface area contributed by atoms with Crippen LogP contribution < -0.4 is 5.32 Å². The Bertz CT molecular complexity index is 442. The van der Waals surface area contributed by atoms with E-state index in [-0.39, 0.29) is 18.0 Å². The second kappa shape index (κ2) is 6.48. The van der Waals surface area contributed by atoms with E-state index < -0.39 is 0 Å². The molecule has 1 aromatic rings. The highest BCUT2D eigenvalue weighted by molar-refractivity contribution is 5.33. The Morgan fingerprint density at radius 2 is 2.22 bits per heavy atom. The van der Waals surface area contributed by atoms with Gasteiger partial charge in [-0.3, -0.25) is 0 Å². The first-order valence-corrected chi connectivity index (χ1v) is 6.09. The van der Waals surface area contributed by atoms with Crippen molar-refractivity contribution in [1.82, 2.24) is 5.32 Å². The van der Waals surface area contributed by atoms with Gasteiger partial charge in [0.25, 0.3) is 0 Å². The molecule has 0 saturated carbocycles. The van der Waals surface area contributed by atoms with Gasteiger partial charge in [-0.05, 0) is 38.0 Å². The molecule has 0 aliphatic rings. The summed E-state index contributed by atoms with van der Waals surface area (Å²) < 4.78 is 13.6. The SMILES string of the molecule is CCC(C)(CCO)NCc1cc(C#N)ccc1F. The number of hydrogen-bond donors (Lipinski definition) is 2. The maximum Gasteiger partial charge on any atom is 0.127 e. The van der Waals surface area contributed by atoms with Gasteiger partial charge < -0.3 is 10.4 Å². The normalized spacial score (nSPS) is 13.9. The number of halogens is 1. The van der Waals surface area contributed by atoms with Gasteiger partial charge in [0.2, 0.25) is 0 Å². The topological polar surface area (TPSA) is 56.0 Å². The summed E-state index contributed by atoms with van der Waals surface area (Å²) in [6.45, 7) is 4.46. The molecule has 1 rings (SSSR count). The zero-order chi connectivity index (χ0) is 13.6. The fourth-order valence-corrected chi connectivity index (χ4v) is 1.73. The van der Waals surface area contributed by atoms with Gasteiger partial charge in [-0.2, -0.15) is 5.26 Å². The van der Waals surface area contributed by atoms with E-state index >= 15 is 0 Å². The van der Waals surface area contributed by atoms with Crippen LogP contribution in [0.25, 0.3) is 0 Å². The summed E-state index contributed by atoms with van der Waals surface area (Å²) >= 11 is 0. The molecular weight excluding hydrogens is 231 g/mol. The minimum Gasteiger partial charge on any atom is -0.396 e. The van der Waals surface area contributed by atoms with Crippen molar-refractivity contribution in [3.8, 4) is 6.07 Å². The maximum absolute atomic E-state index is 13.6. The Balaban J connectivity index is 2.76. The molecule has 0 aliphatic carbocycles. The summed E-state index contributed by atoms with van der Waals surface area (Å²) in [5.41, 5.74) is 0.712. The predicted octanol–water partition coefficient (Wildman–Crippen LogP) is 2.34. The number of aliphatic hydroxyl groups is 1. The van der Waals surface area contributed by atoms with Crippen molar-refractivity contribution in [3.05, 3.63) is 35.1 Å². The smallest absolute Gasteiger partial charge is 0.127 e. The second-order valence-corrected chi connectivity index (χ2v) is 4.66. The molecule has 2 N–H and O–H groups in total. The minimum absolute atomic E-state index is 0.0953. The molecule has 0 fully saturated rings. The van der Waals surface area contributed by atoms with Crippen LogP contribution in [0, 0.1) is 17.1 Å². The number of nitriles is 1. The van der Waals surface area contributed by atoms with Crippen LogP contribution in [-0.4, -0.2) is 17.3 Å². The number of rotatable bonds is 6. The summed E-state index contributed by atoms with van der Waals surface area (Å²) in [5, 5.41) is 21.0. The first kappa shape index (κ1) is 14.6. The van der Waals surface area contributed by atoms with Crippen LogP contribution in [0.15, 0.2) is 18.2 Å². The Morgan fingerprint density at radius 1 is 1.50 bits per heavy atom. The Hall–Kier alpha value is -1.44. The molecule has 4 heteroatoms. The van der Waals surface area contributed by atoms with Crippen molar-refractivity contribution >= 4 is 0 Å². The first-order chi connectivity index (χ1) is 8.54. The van der Waals surface area contributed by atoms with E-state index in [9.17, 15) is 4.39 Å². The van der Waals surface area contributed by atoms with Gasteiger partial charge in [0, 0.05) is 24.3 Å². The van der Waals surface area contributed by atoms with Crippen molar-refractivity contribution < 1.29 is 9.50 Å². The van der Waals surface area contributed by atoms with E-state index in [4.69, 9.17) is 10.4 Å². The van der Waals surface area contributed by atoms with Crippen molar-refractivity contribution in [2.45, 2.75) is 38.8 Å². The van der Waals surface area contributed by atoms with Crippen molar-refractivity contribution in [3.63, 3.8) is 0 Å². The predicted molar refractivity (Wildman–Crippen MR) is 68.4 cm³/mol. The van der Waals surface area contributed by atoms with Gasteiger partial charge in [0.05, 0.1) is 11.6 Å². The third-order valence-corrected chi connectivity index (χ3v) is 3.32. The average molecular weight is 250 g/mol. The zero-order valence-electron chi connectivity index (χ0n) is 10.8. The standard InChI is InChI=1S/C14H19FN2O/c1-3-14(2,6-7-18)17-10-12-8-11(9-16)4-5-13(12)15/h4-5,8,17-18H,3,6-7,10H2,1-2H3. The lowest BCUT2D eigenvalue weighted by Gasteiger charge is -2.29. The summed E-state index contributed by atoms with van der Waals surface area (Å²) in [5.74, 6) is -0.316. The van der Waals surface area contributed by atoms with E-state index in [0.29, 0.717) is 24.1 Å². The highest BCUT2D eigenvalue weighted by Crippen LogP contribution is 2.16. The van der Waals surface area contributed by atoms with E-state index in [1.165, 1.54) is 12.1 Å². The molecule has 0 saturated heterocycles. The molecule has 18 heavy (non-hydrogen) atoms.